The molecule has 1 heterocycles. The van der Waals surface area contributed by atoms with E-state index in [9.17, 15) is 14.4 Å². The van der Waals surface area contributed by atoms with E-state index in [2.05, 4.69) is 16.0 Å². The number of likely N-dealkylation sites (N-methyl/N-ethyl adjacent to an activating group) is 1. The van der Waals surface area contributed by atoms with Crippen molar-refractivity contribution >= 4 is 17.9 Å². The Morgan fingerprint density at radius 3 is 2.58 bits per heavy atom. The Morgan fingerprint density at radius 2 is 2.00 bits per heavy atom. The molecule has 0 aromatic rings. The third kappa shape index (κ3) is 5.84. The number of amides is 3. The minimum Gasteiger partial charge on any atom is -0.463 e. The highest BCUT2D eigenvalue weighted by molar-refractivity contribution is 5.94. The van der Waals surface area contributed by atoms with Crippen molar-refractivity contribution in [3.8, 4) is 0 Å². The van der Waals surface area contributed by atoms with Gasteiger partial charge < -0.3 is 20.7 Å². The average molecular weight is 340 g/mol. The van der Waals surface area contributed by atoms with Crippen LogP contribution in [0.15, 0.2) is 11.3 Å². The van der Waals surface area contributed by atoms with Crippen LogP contribution in [0.3, 0.4) is 0 Å². The summed E-state index contributed by atoms with van der Waals surface area (Å²) >= 11 is 0. The third-order valence-electron chi connectivity index (χ3n) is 3.56. The molecule has 1 aliphatic rings. The van der Waals surface area contributed by atoms with Crippen molar-refractivity contribution < 1.29 is 19.1 Å². The molecule has 8 heteroatoms. The number of nitrogens with one attached hydrogen (secondary N) is 3. The molecule has 0 saturated heterocycles. The predicted molar refractivity (Wildman–Crippen MR) is 90.2 cm³/mol. The zero-order valence-electron chi connectivity index (χ0n) is 14.9. The predicted octanol–water partition coefficient (Wildman–Crippen LogP) is 0.353. The Bertz CT molecular complexity index is 504. The second-order valence-electron chi connectivity index (χ2n) is 5.69. The lowest BCUT2D eigenvalue weighted by Gasteiger charge is -2.30. The molecule has 1 aliphatic heterocycles. The SMILES string of the molecule is CCCNC(=O)CN(C)CC1=C(C(=O)OCC)[C@@H](CC)NC(=O)N1. The molecule has 0 spiro atoms. The Hall–Kier alpha value is -2.09. The largest absolute Gasteiger partial charge is 0.463 e. The smallest absolute Gasteiger partial charge is 0.337 e. The molecule has 136 valence electrons. The lowest BCUT2D eigenvalue weighted by Crippen LogP contribution is -2.52. The van der Waals surface area contributed by atoms with Gasteiger partial charge in [-0.2, -0.15) is 0 Å². The van der Waals surface area contributed by atoms with Crippen LogP contribution in [0, 0.1) is 0 Å². The van der Waals surface area contributed by atoms with Gasteiger partial charge in [-0.3, -0.25) is 9.69 Å². The van der Waals surface area contributed by atoms with Crippen LogP contribution in [0.1, 0.15) is 33.6 Å². The molecule has 0 unspecified atom stereocenters. The molecule has 1 rings (SSSR count). The summed E-state index contributed by atoms with van der Waals surface area (Å²) in [5, 5.41) is 8.19. The quantitative estimate of drug-likeness (QED) is 0.526. The van der Waals surface area contributed by atoms with Crippen molar-refractivity contribution in [3.63, 3.8) is 0 Å². The van der Waals surface area contributed by atoms with Gasteiger partial charge in [-0.1, -0.05) is 13.8 Å². The van der Waals surface area contributed by atoms with Crippen molar-refractivity contribution in [2.75, 3.05) is 33.3 Å². The number of nitrogens with zero attached hydrogens (tertiary/aromatic N) is 1. The molecule has 24 heavy (non-hydrogen) atoms. The van der Waals surface area contributed by atoms with Gasteiger partial charge in [-0.05, 0) is 26.8 Å². The van der Waals surface area contributed by atoms with Gasteiger partial charge in [0.2, 0.25) is 5.91 Å². The minimum absolute atomic E-state index is 0.0927. The first kappa shape index (κ1) is 20.0. The van der Waals surface area contributed by atoms with E-state index < -0.39 is 12.0 Å². The Morgan fingerprint density at radius 1 is 1.29 bits per heavy atom. The van der Waals surface area contributed by atoms with Crippen LogP contribution in [0.25, 0.3) is 0 Å². The van der Waals surface area contributed by atoms with Crippen LogP contribution in [0.2, 0.25) is 0 Å². The molecule has 0 aromatic carbocycles. The number of urea groups is 1. The molecule has 0 aromatic heterocycles. The molecule has 0 aliphatic carbocycles. The highest BCUT2D eigenvalue weighted by Gasteiger charge is 2.31. The molecule has 3 amide bonds. The maximum Gasteiger partial charge on any atom is 0.337 e. The molecule has 8 nitrogen and oxygen atoms in total. The minimum atomic E-state index is -0.448. The van der Waals surface area contributed by atoms with Gasteiger partial charge >= 0.3 is 12.0 Å². The van der Waals surface area contributed by atoms with Crippen LogP contribution in [0.4, 0.5) is 4.79 Å². The fourth-order valence-corrected chi connectivity index (χ4v) is 2.48. The number of carbonyl (C=O) groups is 3. The Labute approximate surface area is 143 Å². The van der Waals surface area contributed by atoms with E-state index in [1.54, 1.807) is 18.9 Å². The van der Waals surface area contributed by atoms with E-state index in [1.165, 1.54) is 0 Å². The Kier molecular flexibility index (Phi) is 8.25. The molecule has 0 fully saturated rings. The Balaban J connectivity index is 2.89. The van der Waals surface area contributed by atoms with Crippen LogP contribution in [0.5, 0.6) is 0 Å². The van der Waals surface area contributed by atoms with E-state index in [-0.39, 0.29) is 31.6 Å². The fourth-order valence-electron chi connectivity index (χ4n) is 2.48. The van der Waals surface area contributed by atoms with Gasteiger partial charge in [-0.15, -0.1) is 0 Å². The molecule has 0 radical (unpaired) electrons. The van der Waals surface area contributed by atoms with Crippen molar-refractivity contribution in [1.82, 2.24) is 20.9 Å². The summed E-state index contributed by atoms with van der Waals surface area (Å²) in [7, 11) is 1.76. The topological polar surface area (TPSA) is 99.8 Å². The second kappa shape index (κ2) is 9.92. The van der Waals surface area contributed by atoms with Crippen LogP contribution < -0.4 is 16.0 Å². The van der Waals surface area contributed by atoms with E-state index >= 15 is 0 Å². The summed E-state index contributed by atoms with van der Waals surface area (Å²) in [5.74, 6) is -0.541. The zero-order chi connectivity index (χ0) is 18.1. The van der Waals surface area contributed by atoms with Gasteiger partial charge in [0.05, 0.1) is 24.8 Å². The maximum atomic E-state index is 12.3. The van der Waals surface area contributed by atoms with Gasteiger partial charge in [-0.25, -0.2) is 9.59 Å². The first-order valence-corrected chi connectivity index (χ1v) is 8.35. The van der Waals surface area contributed by atoms with Crippen LogP contribution in [-0.2, 0) is 14.3 Å². The summed E-state index contributed by atoms with van der Waals surface area (Å²) in [6.45, 7) is 6.94. The van der Waals surface area contributed by atoms with E-state index in [0.29, 0.717) is 24.2 Å². The van der Waals surface area contributed by atoms with Crippen molar-refractivity contribution in [1.29, 1.82) is 0 Å². The van der Waals surface area contributed by atoms with Crippen LogP contribution in [-0.4, -0.2) is 62.1 Å². The van der Waals surface area contributed by atoms with Gasteiger partial charge in [0, 0.05) is 18.8 Å². The molecule has 0 saturated carbocycles. The van der Waals surface area contributed by atoms with Crippen molar-refractivity contribution in [2.24, 2.45) is 0 Å². The average Bonchev–Trinajstić information content (AvgIpc) is 2.52. The molecular weight excluding hydrogens is 312 g/mol. The van der Waals surface area contributed by atoms with Crippen molar-refractivity contribution in [2.45, 2.75) is 39.7 Å². The summed E-state index contributed by atoms with van der Waals surface area (Å²) in [5.41, 5.74) is 0.898. The van der Waals surface area contributed by atoms with Gasteiger partial charge in [0.15, 0.2) is 0 Å². The second-order valence-corrected chi connectivity index (χ2v) is 5.69. The lowest BCUT2D eigenvalue weighted by molar-refractivity contribution is -0.139. The monoisotopic (exact) mass is 340 g/mol. The van der Waals surface area contributed by atoms with Crippen LogP contribution >= 0.6 is 0 Å². The summed E-state index contributed by atoms with van der Waals surface area (Å²) < 4.78 is 5.11. The number of rotatable bonds is 9. The number of hydrogen-bond donors (Lipinski definition) is 3. The zero-order valence-corrected chi connectivity index (χ0v) is 14.9. The maximum absolute atomic E-state index is 12.3. The summed E-state index contributed by atoms with van der Waals surface area (Å²) in [4.78, 5) is 37.6. The molecular formula is C16H28N4O4. The van der Waals surface area contributed by atoms with Gasteiger partial charge in [0.1, 0.15) is 0 Å². The summed E-state index contributed by atoms with van der Waals surface area (Å²) in [6.07, 6.45) is 1.44. The van der Waals surface area contributed by atoms with Gasteiger partial charge in [0.25, 0.3) is 0 Å². The number of esters is 1. The third-order valence-corrected chi connectivity index (χ3v) is 3.56. The molecule has 0 bridgehead atoms. The standard InChI is InChI=1S/C16H28N4O4/c1-5-8-17-13(21)10-20(4)9-12-14(15(22)24-7-3)11(6-2)18-16(23)19-12/h11H,5-10H2,1-4H3,(H,17,21)(H2,18,19,23)/t11-/m1/s1. The first-order chi connectivity index (χ1) is 11.4. The van der Waals surface area contributed by atoms with Crippen molar-refractivity contribution in [3.05, 3.63) is 11.3 Å². The normalized spacial score (nSPS) is 17.4. The summed E-state index contributed by atoms with van der Waals surface area (Å²) in [6, 6.07) is -0.746. The highest BCUT2D eigenvalue weighted by Crippen LogP contribution is 2.17. The molecule has 1 atom stereocenters. The number of hydrogen-bond acceptors (Lipinski definition) is 5. The van der Waals surface area contributed by atoms with E-state index in [4.69, 9.17) is 4.74 Å². The molecule has 3 N–H and O–H groups in total. The first-order valence-electron chi connectivity index (χ1n) is 8.35. The van der Waals surface area contributed by atoms with E-state index in [0.717, 1.165) is 6.42 Å². The lowest BCUT2D eigenvalue weighted by atomic mass is 10.00. The number of carbonyl (C=O) groups excluding carboxylic acids is 3. The van der Waals surface area contributed by atoms with E-state index in [1.807, 2.05) is 13.8 Å². The number of ether oxygens (including phenoxy) is 1. The highest BCUT2D eigenvalue weighted by atomic mass is 16.5. The fraction of sp³-hybridized carbons (Fsp3) is 0.688.